The van der Waals surface area contributed by atoms with Crippen molar-refractivity contribution < 1.29 is 14.3 Å². The third kappa shape index (κ3) is 3.63. The lowest BCUT2D eigenvalue weighted by atomic mass is 9.87. The van der Waals surface area contributed by atoms with Crippen molar-refractivity contribution in [3.8, 4) is 0 Å². The van der Waals surface area contributed by atoms with Gasteiger partial charge >= 0.3 is 0 Å². The van der Waals surface area contributed by atoms with Crippen LogP contribution in [0.3, 0.4) is 0 Å². The van der Waals surface area contributed by atoms with Crippen LogP contribution >= 0.6 is 0 Å². The number of hydrogen-bond acceptors (Lipinski definition) is 5. The minimum atomic E-state index is 0.137. The quantitative estimate of drug-likeness (QED) is 0.817. The fourth-order valence-electron chi connectivity index (χ4n) is 4.86. The molecular formula is C20H29N3O3. The molecule has 4 heterocycles. The second-order valence-electron chi connectivity index (χ2n) is 7.76. The molecule has 0 unspecified atom stereocenters. The Labute approximate surface area is 155 Å². The van der Waals surface area contributed by atoms with Gasteiger partial charge in [0.25, 0.3) is 0 Å². The summed E-state index contributed by atoms with van der Waals surface area (Å²) in [5.41, 5.74) is 1.27. The number of ether oxygens (including phenoxy) is 2. The van der Waals surface area contributed by atoms with Gasteiger partial charge in [0, 0.05) is 70.7 Å². The molecule has 1 aromatic heterocycles. The monoisotopic (exact) mass is 359 g/mol. The van der Waals surface area contributed by atoms with E-state index in [0.29, 0.717) is 25.0 Å². The van der Waals surface area contributed by atoms with Gasteiger partial charge in [-0.25, -0.2) is 0 Å². The molecule has 0 N–H and O–H groups in total. The summed E-state index contributed by atoms with van der Waals surface area (Å²) in [6.07, 6.45) is 6.61. The molecule has 3 atom stereocenters. The van der Waals surface area contributed by atoms with Crippen LogP contribution in [-0.4, -0.2) is 72.8 Å². The fraction of sp³-hybridized carbons (Fsp3) is 0.700. The van der Waals surface area contributed by atoms with E-state index in [0.717, 1.165) is 45.4 Å². The summed E-state index contributed by atoms with van der Waals surface area (Å²) in [7, 11) is 1.81. The number of rotatable bonds is 4. The molecule has 4 rings (SSSR count). The molecular weight excluding hydrogens is 330 g/mol. The number of carbonyl (C=O) groups is 1. The van der Waals surface area contributed by atoms with Crippen LogP contribution in [0.5, 0.6) is 0 Å². The fourth-order valence-corrected chi connectivity index (χ4v) is 4.86. The third-order valence-electron chi connectivity index (χ3n) is 6.25. The summed E-state index contributed by atoms with van der Waals surface area (Å²) in [4.78, 5) is 21.9. The van der Waals surface area contributed by atoms with Gasteiger partial charge in [0.1, 0.15) is 0 Å². The van der Waals surface area contributed by atoms with Crippen molar-refractivity contribution in [2.24, 2.45) is 11.8 Å². The van der Waals surface area contributed by atoms with Gasteiger partial charge in [0.15, 0.2) is 0 Å². The van der Waals surface area contributed by atoms with E-state index in [1.807, 2.05) is 19.5 Å². The zero-order valence-electron chi connectivity index (χ0n) is 15.5. The molecule has 26 heavy (non-hydrogen) atoms. The van der Waals surface area contributed by atoms with Crippen molar-refractivity contribution in [2.75, 3.05) is 40.0 Å². The number of carbonyl (C=O) groups excluding carboxylic acids is 1. The van der Waals surface area contributed by atoms with E-state index >= 15 is 0 Å². The highest BCUT2D eigenvalue weighted by atomic mass is 16.5. The number of pyridine rings is 1. The van der Waals surface area contributed by atoms with Gasteiger partial charge in [0.2, 0.25) is 5.91 Å². The van der Waals surface area contributed by atoms with Gasteiger partial charge < -0.3 is 14.4 Å². The highest BCUT2D eigenvalue weighted by Gasteiger charge is 2.46. The molecule has 6 heteroatoms. The molecule has 1 amide bonds. The van der Waals surface area contributed by atoms with Crippen molar-refractivity contribution in [1.82, 2.24) is 14.8 Å². The average Bonchev–Trinajstić information content (AvgIpc) is 3.11. The molecule has 6 nitrogen and oxygen atoms in total. The van der Waals surface area contributed by atoms with Crippen LogP contribution in [0.2, 0.25) is 0 Å². The van der Waals surface area contributed by atoms with Crippen molar-refractivity contribution in [3.63, 3.8) is 0 Å². The molecule has 0 spiro atoms. The van der Waals surface area contributed by atoms with Crippen LogP contribution < -0.4 is 0 Å². The highest BCUT2D eigenvalue weighted by molar-refractivity contribution is 5.79. The molecule has 3 aliphatic heterocycles. The third-order valence-corrected chi connectivity index (χ3v) is 6.25. The molecule has 0 aliphatic carbocycles. The first-order chi connectivity index (χ1) is 12.8. The maximum atomic E-state index is 13.2. The lowest BCUT2D eigenvalue weighted by Crippen LogP contribution is -2.55. The maximum absolute atomic E-state index is 13.2. The lowest BCUT2D eigenvalue weighted by molar-refractivity contribution is -0.146. The Morgan fingerprint density at radius 1 is 1.23 bits per heavy atom. The van der Waals surface area contributed by atoms with E-state index in [4.69, 9.17) is 9.47 Å². The first-order valence-corrected chi connectivity index (χ1v) is 9.78. The topological polar surface area (TPSA) is 54.9 Å². The first-order valence-electron chi connectivity index (χ1n) is 9.78. The molecule has 3 saturated heterocycles. The molecule has 0 bridgehead atoms. The molecule has 0 aromatic carbocycles. The van der Waals surface area contributed by atoms with Crippen LogP contribution in [0.25, 0.3) is 0 Å². The van der Waals surface area contributed by atoms with E-state index in [1.54, 1.807) is 0 Å². The summed E-state index contributed by atoms with van der Waals surface area (Å²) in [5.74, 6) is 0.876. The Balaban J connectivity index is 1.47. The van der Waals surface area contributed by atoms with Crippen LogP contribution in [0.1, 0.15) is 24.8 Å². The Kier molecular flexibility index (Phi) is 5.52. The Morgan fingerprint density at radius 3 is 2.73 bits per heavy atom. The van der Waals surface area contributed by atoms with Crippen LogP contribution in [0.4, 0.5) is 0 Å². The molecule has 3 fully saturated rings. The largest absolute Gasteiger partial charge is 0.381 e. The van der Waals surface area contributed by atoms with E-state index < -0.39 is 0 Å². The van der Waals surface area contributed by atoms with E-state index in [2.05, 4.69) is 26.9 Å². The Hall–Kier alpha value is -1.50. The molecule has 142 valence electrons. The summed E-state index contributed by atoms with van der Waals surface area (Å²) in [5, 5.41) is 0. The number of methoxy groups -OCH3 is 1. The van der Waals surface area contributed by atoms with E-state index in [-0.39, 0.29) is 18.1 Å². The van der Waals surface area contributed by atoms with Gasteiger partial charge in [-0.1, -0.05) is 0 Å². The normalized spacial score (nSPS) is 30.3. The number of nitrogens with zero attached hydrogens (tertiary/aromatic N) is 3. The minimum Gasteiger partial charge on any atom is -0.381 e. The van der Waals surface area contributed by atoms with Crippen LogP contribution in [-0.2, 0) is 20.8 Å². The first kappa shape index (κ1) is 17.9. The summed E-state index contributed by atoms with van der Waals surface area (Å²) >= 11 is 0. The zero-order valence-corrected chi connectivity index (χ0v) is 15.5. The average molecular weight is 359 g/mol. The molecule has 0 saturated carbocycles. The van der Waals surface area contributed by atoms with Crippen molar-refractivity contribution >= 4 is 5.91 Å². The highest BCUT2D eigenvalue weighted by Crippen LogP contribution is 2.35. The number of piperidine rings is 1. The molecule has 1 aromatic rings. The number of fused-ring (bicyclic) bond motifs is 1. The maximum Gasteiger partial charge on any atom is 0.226 e. The SMILES string of the molecule is CO[C@H]1CCN(C(=O)C2CCOCC2)[C@@H]2CN(Cc3ccncc3)C[C@H]12. The van der Waals surface area contributed by atoms with Gasteiger partial charge in [-0.05, 0) is 37.0 Å². The lowest BCUT2D eigenvalue weighted by Gasteiger charge is -2.42. The van der Waals surface area contributed by atoms with Gasteiger partial charge in [-0.2, -0.15) is 0 Å². The van der Waals surface area contributed by atoms with Crippen LogP contribution in [0.15, 0.2) is 24.5 Å². The number of hydrogen-bond donors (Lipinski definition) is 0. The predicted octanol–water partition coefficient (Wildman–Crippen LogP) is 1.56. The van der Waals surface area contributed by atoms with Gasteiger partial charge in [-0.15, -0.1) is 0 Å². The number of amides is 1. The number of likely N-dealkylation sites (tertiary alicyclic amines) is 2. The van der Waals surface area contributed by atoms with Crippen molar-refractivity contribution in [3.05, 3.63) is 30.1 Å². The van der Waals surface area contributed by atoms with Crippen molar-refractivity contribution in [2.45, 2.75) is 38.0 Å². The molecule has 3 aliphatic rings. The zero-order chi connectivity index (χ0) is 17.9. The van der Waals surface area contributed by atoms with Gasteiger partial charge in [-0.3, -0.25) is 14.7 Å². The second kappa shape index (κ2) is 8.03. The summed E-state index contributed by atoms with van der Waals surface area (Å²) in [6, 6.07) is 4.41. The summed E-state index contributed by atoms with van der Waals surface area (Å²) in [6.45, 7) is 5.08. The van der Waals surface area contributed by atoms with Crippen molar-refractivity contribution in [1.29, 1.82) is 0 Å². The minimum absolute atomic E-state index is 0.137. The smallest absolute Gasteiger partial charge is 0.226 e. The van der Waals surface area contributed by atoms with Crippen LogP contribution in [0, 0.1) is 11.8 Å². The Morgan fingerprint density at radius 2 is 2.00 bits per heavy atom. The standard InChI is InChI=1S/C20H29N3O3/c1-25-19-4-9-23(20(24)16-5-10-26-11-6-16)18-14-22(13-17(18)19)12-15-2-7-21-8-3-15/h2-3,7-8,16-19H,4-6,9-14H2,1H3/t17-,18+,19-/m0/s1. The second-order valence-corrected chi connectivity index (χ2v) is 7.76. The van der Waals surface area contributed by atoms with E-state index in [1.165, 1.54) is 5.56 Å². The summed E-state index contributed by atoms with van der Waals surface area (Å²) < 4.78 is 11.2. The van der Waals surface area contributed by atoms with Gasteiger partial charge in [0.05, 0.1) is 12.1 Å². The van der Waals surface area contributed by atoms with E-state index in [9.17, 15) is 4.79 Å². The predicted molar refractivity (Wildman–Crippen MR) is 97.5 cm³/mol. The number of aromatic nitrogens is 1. The Bertz CT molecular complexity index is 606. The molecule has 0 radical (unpaired) electrons.